The number of aryl methyl sites for hydroxylation is 2. The molecule has 0 aliphatic heterocycles. The molecule has 2 N–H and O–H groups in total. The van der Waals surface area contributed by atoms with Crippen LogP contribution in [0.3, 0.4) is 0 Å². The van der Waals surface area contributed by atoms with Crippen LogP contribution < -0.4 is 5.73 Å². The van der Waals surface area contributed by atoms with Crippen LogP contribution in [0.25, 0.3) is 11.1 Å². The molecule has 0 saturated heterocycles. The van der Waals surface area contributed by atoms with Gasteiger partial charge in [0.25, 0.3) is 0 Å². The van der Waals surface area contributed by atoms with Crippen LogP contribution in [0.15, 0.2) is 22.6 Å². The lowest BCUT2D eigenvalue weighted by atomic mass is 10.1. The highest BCUT2D eigenvalue weighted by Crippen LogP contribution is 2.18. The van der Waals surface area contributed by atoms with Gasteiger partial charge in [0.2, 0.25) is 0 Å². The summed E-state index contributed by atoms with van der Waals surface area (Å²) in [5, 5.41) is 0. The van der Waals surface area contributed by atoms with Gasteiger partial charge in [0.15, 0.2) is 11.5 Å². The summed E-state index contributed by atoms with van der Waals surface area (Å²) in [4.78, 5) is 4.40. The molecule has 0 amide bonds. The zero-order chi connectivity index (χ0) is 10.7. The van der Waals surface area contributed by atoms with Gasteiger partial charge in [-0.2, -0.15) is 0 Å². The van der Waals surface area contributed by atoms with Crippen molar-refractivity contribution in [3.8, 4) is 0 Å². The minimum absolute atomic E-state index is 0.733. The average molecular weight is 204 g/mol. The molecule has 80 valence electrons. The molecule has 1 heterocycles. The minimum Gasteiger partial charge on any atom is -0.441 e. The van der Waals surface area contributed by atoms with Crippen molar-refractivity contribution in [1.29, 1.82) is 0 Å². The summed E-state index contributed by atoms with van der Waals surface area (Å²) in [6, 6.07) is 6.17. The van der Waals surface area contributed by atoms with Gasteiger partial charge in [0, 0.05) is 6.42 Å². The van der Waals surface area contributed by atoms with Crippen molar-refractivity contribution in [1.82, 2.24) is 4.98 Å². The van der Waals surface area contributed by atoms with E-state index in [0.29, 0.717) is 0 Å². The summed E-state index contributed by atoms with van der Waals surface area (Å²) in [6.07, 6.45) is 2.87. The number of hydrogen-bond acceptors (Lipinski definition) is 3. The number of fused-ring (bicyclic) bond motifs is 1. The first-order chi connectivity index (χ1) is 7.33. The summed E-state index contributed by atoms with van der Waals surface area (Å²) < 4.78 is 5.54. The zero-order valence-electron chi connectivity index (χ0n) is 8.99. The number of nitrogens with zero attached hydrogens (tertiary/aromatic N) is 1. The van der Waals surface area contributed by atoms with Crippen LogP contribution in [-0.2, 0) is 12.8 Å². The predicted octanol–water partition coefficient (Wildman–Crippen LogP) is 2.28. The van der Waals surface area contributed by atoms with Gasteiger partial charge < -0.3 is 10.2 Å². The van der Waals surface area contributed by atoms with Gasteiger partial charge in [-0.05, 0) is 37.1 Å². The second-order valence-electron chi connectivity index (χ2n) is 3.66. The highest BCUT2D eigenvalue weighted by Gasteiger charge is 2.04. The highest BCUT2D eigenvalue weighted by molar-refractivity contribution is 5.73. The molecule has 2 aromatic rings. The van der Waals surface area contributed by atoms with Crippen LogP contribution >= 0.6 is 0 Å². The molecular weight excluding hydrogens is 188 g/mol. The Bertz CT molecular complexity index is 448. The van der Waals surface area contributed by atoms with E-state index in [1.54, 1.807) is 0 Å². The highest BCUT2D eigenvalue weighted by atomic mass is 16.3. The first-order valence-electron chi connectivity index (χ1n) is 5.42. The smallest absolute Gasteiger partial charge is 0.195 e. The third-order valence-electron chi connectivity index (χ3n) is 2.47. The molecule has 0 unspecified atom stereocenters. The Labute approximate surface area is 89.3 Å². The van der Waals surface area contributed by atoms with Gasteiger partial charge in [-0.1, -0.05) is 13.0 Å². The maximum atomic E-state index is 5.54. The molecule has 0 bridgehead atoms. The van der Waals surface area contributed by atoms with E-state index in [0.717, 1.165) is 42.8 Å². The molecule has 0 aliphatic rings. The summed E-state index contributed by atoms with van der Waals surface area (Å²) in [5.74, 6) is 0.806. The molecule has 0 atom stereocenters. The SMILES string of the molecule is CCc1nc2cc(CCCN)ccc2o1. The largest absolute Gasteiger partial charge is 0.441 e. The van der Waals surface area contributed by atoms with E-state index >= 15 is 0 Å². The topological polar surface area (TPSA) is 52.0 Å². The molecule has 0 fully saturated rings. The first kappa shape index (κ1) is 10.2. The molecule has 0 spiro atoms. The number of benzene rings is 1. The molecule has 1 aromatic carbocycles. The van der Waals surface area contributed by atoms with Crippen molar-refractivity contribution in [2.75, 3.05) is 6.54 Å². The van der Waals surface area contributed by atoms with E-state index in [9.17, 15) is 0 Å². The molecular formula is C12H16N2O. The van der Waals surface area contributed by atoms with E-state index < -0.39 is 0 Å². The fourth-order valence-corrected chi connectivity index (χ4v) is 1.63. The predicted molar refractivity (Wildman–Crippen MR) is 60.8 cm³/mol. The minimum atomic E-state index is 0.733. The Balaban J connectivity index is 2.29. The first-order valence-corrected chi connectivity index (χ1v) is 5.42. The van der Waals surface area contributed by atoms with Gasteiger partial charge in [-0.15, -0.1) is 0 Å². The van der Waals surface area contributed by atoms with Crippen molar-refractivity contribution < 1.29 is 4.42 Å². The third-order valence-corrected chi connectivity index (χ3v) is 2.47. The molecule has 0 aliphatic carbocycles. The zero-order valence-corrected chi connectivity index (χ0v) is 8.99. The van der Waals surface area contributed by atoms with Crippen LogP contribution in [0.4, 0.5) is 0 Å². The summed E-state index contributed by atoms with van der Waals surface area (Å²) in [7, 11) is 0. The van der Waals surface area contributed by atoms with E-state index in [1.807, 2.05) is 13.0 Å². The van der Waals surface area contributed by atoms with Gasteiger partial charge >= 0.3 is 0 Å². The lowest BCUT2D eigenvalue weighted by Gasteiger charge is -1.97. The van der Waals surface area contributed by atoms with Crippen LogP contribution in [0, 0.1) is 0 Å². The third kappa shape index (κ3) is 2.18. The number of nitrogens with two attached hydrogens (primary N) is 1. The van der Waals surface area contributed by atoms with Gasteiger partial charge in [0.1, 0.15) is 5.52 Å². The molecule has 0 saturated carbocycles. The van der Waals surface area contributed by atoms with E-state index in [2.05, 4.69) is 17.1 Å². The molecule has 2 rings (SSSR count). The monoisotopic (exact) mass is 204 g/mol. The Kier molecular flexibility index (Phi) is 3.02. The summed E-state index contributed by atoms with van der Waals surface area (Å²) >= 11 is 0. The lowest BCUT2D eigenvalue weighted by molar-refractivity contribution is 0.538. The standard InChI is InChI=1S/C12H16N2O/c1-2-12-14-10-8-9(4-3-7-13)5-6-11(10)15-12/h5-6,8H,2-4,7,13H2,1H3. The van der Waals surface area contributed by atoms with Crippen molar-refractivity contribution in [3.05, 3.63) is 29.7 Å². The lowest BCUT2D eigenvalue weighted by Crippen LogP contribution is -2.00. The van der Waals surface area contributed by atoms with Gasteiger partial charge in [-0.25, -0.2) is 4.98 Å². The second-order valence-corrected chi connectivity index (χ2v) is 3.66. The Hall–Kier alpha value is -1.35. The maximum absolute atomic E-state index is 5.54. The molecule has 3 heteroatoms. The van der Waals surface area contributed by atoms with Crippen LogP contribution in [-0.4, -0.2) is 11.5 Å². The van der Waals surface area contributed by atoms with E-state index in [1.165, 1.54) is 5.56 Å². The summed E-state index contributed by atoms with van der Waals surface area (Å²) in [6.45, 7) is 2.77. The number of rotatable bonds is 4. The van der Waals surface area contributed by atoms with Crippen molar-refractivity contribution in [3.63, 3.8) is 0 Å². The van der Waals surface area contributed by atoms with Crippen LogP contribution in [0.2, 0.25) is 0 Å². The van der Waals surface area contributed by atoms with Gasteiger partial charge in [-0.3, -0.25) is 0 Å². The Morgan fingerprint density at radius 3 is 3.00 bits per heavy atom. The van der Waals surface area contributed by atoms with E-state index in [-0.39, 0.29) is 0 Å². The van der Waals surface area contributed by atoms with Crippen molar-refractivity contribution in [2.24, 2.45) is 5.73 Å². The van der Waals surface area contributed by atoms with Crippen LogP contribution in [0.5, 0.6) is 0 Å². The molecule has 3 nitrogen and oxygen atoms in total. The van der Waals surface area contributed by atoms with Crippen molar-refractivity contribution >= 4 is 11.1 Å². The Morgan fingerprint density at radius 1 is 1.40 bits per heavy atom. The quantitative estimate of drug-likeness (QED) is 0.831. The Morgan fingerprint density at radius 2 is 2.27 bits per heavy atom. The molecule has 1 aromatic heterocycles. The average Bonchev–Trinajstić information content (AvgIpc) is 2.68. The van der Waals surface area contributed by atoms with Crippen molar-refractivity contribution in [2.45, 2.75) is 26.2 Å². The molecule has 15 heavy (non-hydrogen) atoms. The van der Waals surface area contributed by atoms with Gasteiger partial charge in [0.05, 0.1) is 0 Å². The number of hydrogen-bond donors (Lipinski definition) is 1. The second kappa shape index (κ2) is 4.45. The molecule has 0 radical (unpaired) electrons. The maximum Gasteiger partial charge on any atom is 0.195 e. The number of aromatic nitrogens is 1. The van der Waals surface area contributed by atoms with Crippen LogP contribution in [0.1, 0.15) is 24.8 Å². The summed E-state index contributed by atoms with van der Waals surface area (Å²) in [5.41, 5.74) is 8.60. The fourth-order valence-electron chi connectivity index (χ4n) is 1.63. The normalized spacial score (nSPS) is 11.1. The number of oxazole rings is 1. The van der Waals surface area contributed by atoms with E-state index in [4.69, 9.17) is 10.2 Å². The fraction of sp³-hybridized carbons (Fsp3) is 0.417.